The zero-order valence-corrected chi connectivity index (χ0v) is 32.4. The van der Waals surface area contributed by atoms with Gasteiger partial charge in [0.2, 0.25) is 0 Å². The Morgan fingerprint density at radius 1 is 1.06 bits per heavy atom. The summed E-state index contributed by atoms with van der Waals surface area (Å²) < 4.78 is 44.8. The molecular formula is C37H65NO12. The van der Waals surface area contributed by atoms with Crippen molar-refractivity contribution in [2.24, 2.45) is 17.8 Å². The highest BCUT2D eigenvalue weighted by Gasteiger charge is 2.57. The van der Waals surface area contributed by atoms with Crippen LogP contribution in [0.2, 0.25) is 0 Å². The van der Waals surface area contributed by atoms with Gasteiger partial charge >= 0.3 is 5.97 Å². The van der Waals surface area contributed by atoms with Gasteiger partial charge in [-0.05, 0) is 81.0 Å². The van der Waals surface area contributed by atoms with Gasteiger partial charge in [-0.3, -0.25) is 4.79 Å². The molecule has 50 heavy (non-hydrogen) atoms. The minimum absolute atomic E-state index is 0.174. The average molecular weight is 716 g/mol. The number of likely N-dealkylation sites (N-methyl/N-ethyl adjacent to an activating group) is 1. The number of cyclic esters (lactones) is 1. The number of esters is 1. The van der Waals surface area contributed by atoms with Crippen LogP contribution < -0.4 is 0 Å². The second-order valence-electron chi connectivity index (χ2n) is 16.3. The topological polar surface area (TPSA) is 166 Å². The molecule has 2 bridgehead atoms. The number of fused-ring (bicyclic) bond motifs is 2. The highest BCUT2D eigenvalue weighted by atomic mass is 16.7. The van der Waals surface area contributed by atoms with Crippen LogP contribution in [0.1, 0.15) is 94.9 Å². The molecule has 4 rings (SSSR count). The fraction of sp³-hybridized carbons (Fsp3) is 0.919. The predicted octanol–water partition coefficient (Wildman–Crippen LogP) is 2.89. The highest BCUT2D eigenvalue weighted by Crippen LogP contribution is 2.48. The summed E-state index contributed by atoms with van der Waals surface area (Å²) in [5.41, 5.74) is -2.95. The first-order valence-corrected chi connectivity index (χ1v) is 18.3. The van der Waals surface area contributed by atoms with Gasteiger partial charge in [-0.1, -0.05) is 20.8 Å². The van der Waals surface area contributed by atoms with Crippen LogP contribution in [0.5, 0.6) is 0 Å². The van der Waals surface area contributed by atoms with Gasteiger partial charge in [0, 0.05) is 31.9 Å². The Labute approximate surface area is 298 Å². The van der Waals surface area contributed by atoms with E-state index in [1.807, 2.05) is 53.6 Å². The first-order valence-electron chi connectivity index (χ1n) is 18.3. The van der Waals surface area contributed by atoms with Crippen molar-refractivity contribution in [1.82, 2.24) is 4.90 Å². The van der Waals surface area contributed by atoms with Gasteiger partial charge in [-0.2, -0.15) is 0 Å². The van der Waals surface area contributed by atoms with Gasteiger partial charge in [-0.15, -0.1) is 0 Å². The molecule has 4 heterocycles. The first-order chi connectivity index (χ1) is 23.1. The molecule has 3 saturated heterocycles. The summed E-state index contributed by atoms with van der Waals surface area (Å²) in [6.45, 7) is 18.0. The highest BCUT2D eigenvalue weighted by molar-refractivity contribution is 5.73. The monoisotopic (exact) mass is 715 g/mol. The number of rotatable bonds is 9. The molecule has 0 aliphatic carbocycles. The van der Waals surface area contributed by atoms with Crippen LogP contribution in [-0.2, 0) is 38.0 Å². The first kappa shape index (κ1) is 41.4. The zero-order valence-electron chi connectivity index (χ0n) is 32.4. The number of methoxy groups -OCH3 is 1. The molecule has 4 aliphatic rings. The summed E-state index contributed by atoms with van der Waals surface area (Å²) in [4.78, 5) is 16.2. The summed E-state index contributed by atoms with van der Waals surface area (Å²) >= 11 is 0. The summed E-state index contributed by atoms with van der Waals surface area (Å²) in [5, 5.41) is 45.2. The van der Waals surface area contributed by atoms with Crippen molar-refractivity contribution in [3.8, 4) is 0 Å². The maximum Gasteiger partial charge on any atom is 0.311 e. The standard InChI is InChI=1S/C37H65NO12/c1-14-25(39)37(10,43)32-20(4)28-18(2)16-36(9,50-28)31(49-34-27(40)24(38(11)12)15-19(3)45-34)21(5)29(22(6)33(42)48-32)47-26-17-35(8,44-13)30(41)23(7)46-26/h19-27,29-32,34,39-41,43H,14-17H2,1-13H3/t19?,20-,21-,22+,23?,24?,25+,26-,27?,29-,30-,31+,32+,34-,35?,36-,37+/m0/s1. The zero-order chi connectivity index (χ0) is 37.7. The quantitative estimate of drug-likeness (QED) is 0.258. The van der Waals surface area contributed by atoms with Crippen molar-refractivity contribution in [3.05, 3.63) is 11.3 Å². The summed E-state index contributed by atoms with van der Waals surface area (Å²) in [6.07, 6.45) is -7.24. The molecule has 3 fully saturated rings. The Kier molecular flexibility index (Phi) is 12.8. The van der Waals surface area contributed by atoms with Crippen molar-refractivity contribution in [2.75, 3.05) is 21.2 Å². The van der Waals surface area contributed by atoms with Gasteiger partial charge in [-0.25, -0.2) is 0 Å². The Balaban J connectivity index is 1.83. The van der Waals surface area contributed by atoms with Crippen molar-refractivity contribution >= 4 is 5.97 Å². The van der Waals surface area contributed by atoms with Gasteiger partial charge in [0.1, 0.15) is 41.4 Å². The van der Waals surface area contributed by atoms with E-state index in [4.69, 9.17) is 33.2 Å². The second kappa shape index (κ2) is 15.5. The molecule has 290 valence electrons. The lowest BCUT2D eigenvalue weighted by atomic mass is 9.78. The van der Waals surface area contributed by atoms with Crippen molar-refractivity contribution < 1.29 is 58.4 Å². The SMILES string of the molecule is CC[C@@H](O)[C@@](C)(O)[C@@H]1OC(=O)[C@H](C)[C@@H](O[C@H]2CC(C)(OC)[C@@H](O)C(C)O2)[C@H](C)[C@@H](O[C@@H]2OC(C)CC(N(C)C)C2O)[C@]2(C)CC(C)=C(O2)[C@@H]1C. The Morgan fingerprint density at radius 3 is 2.28 bits per heavy atom. The molecule has 0 aromatic heterocycles. The average Bonchev–Trinajstić information content (AvgIpc) is 3.36. The molecular weight excluding hydrogens is 650 g/mol. The number of aliphatic hydroxyl groups excluding tert-OH is 3. The number of nitrogens with zero attached hydrogens (tertiary/aromatic N) is 1. The smallest absolute Gasteiger partial charge is 0.311 e. The molecule has 0 saturated carbocycles. The number of ether oxygens (including phenoxy) is 7. The van der Waals surface area contributed by atoms with E-state index in [0.29, 0.717) is 18.6 Å². The number of aliphatic hydroxyl groups is 4. The molecule has 0 radical (unpaired) electrons. The lowest BCUT2D eigenvalue weighted by Gasteiger charge is -2.48. The largest absolute Gasteiger partial charge is 0.488 e. The molecule has 4 N–H and O–H groups in total. The number of carbonyl (C=O) groups is 1. The maximum atomic E-state index is 14.3. The lowest BCUT2D eigenvalue weighted by Crippen LogP contribution is -2.60. The molecule has 13 nitrogen and oxygen atoms in total. The van der Waals surface area contributed by atoms with E-state index in [0.717, 1.165) is 5.57 Å². The van der Waals surface area contributed by atoms with Gasteiger partial charge in [0.05, 0.1) is 41.9 Å². The Bertz CT molecular complexity index is 1210. The van der Waals surface area contributed by atoms with E-state index in [2.05, 4.69) is 0 Å². The minimum atomic E-state index is -1.82. The third-order valence-corrected chi connectivity index (χ3v) is 11.9. The number of hydrogen-bond donors (Lipinski definition) is 4. The van der Waals surface area contributed by atoms with Crippen LogP contribution in [-0.4, -0.2) is 137 Å². The lowest BCUT2D eigenvalue weighted by molar-refractivity contribution is -0.316. The summed E-state index contributed by atoms with van der Waals surface area (Å²) in [5.74, 6) is -2.26. The van der Waals surface area contributed by atoms with Crippen LogP contribution in [0.15, 0.2) is 11.3 Å². The second-order valence-corrected chi connectivity index (χ2v) is 16.3. The molecule has 0 amide bonds. The summed E-state index contributed by atoms with van der Waals surface area (Å²) in [6, 6.07) is -0.223. The van der Waals surface area contributed by atoms with Crippen LogP contribution in [0.3, 0.4) is 0 Å². The fourth-order valence-corrected chi connectivity index (χ4v) is 8.73. The van der Waals surface area contributed by atoms with Gasteiger partial charge in [0.15, 0.2) is 12.6 Å². The van der Waals surface area contributed by atoms with Crippen LogP contribution in [0, 0.1) is 17.8 Å². The summed E-state index contributed by atoms with van der Waals surface area (Å²) in [7, 11) is 5.35. The van der Waals surface area contributed by atoms with Gasteiger partial charge < -0.3 is 58.5 Å². The molecule has 4 aliphatic heterocycles. The van der Waals surface area contributed by atoms with E-state index in [-0.39, 0.29) is 25.0 Å². The minimum Gasteiger partial charge on any atom is -0.488 e. The van der Waals surface area contributed by atoms with Crippen molar-refractivity contribution in [1.29, 1.82) is 0 Å². The van der Waals surface area contributed by atoms with Crippen LogP contribution in [0.4, 0.5) is 0 Å². The Hall–Kier alpha value is -1.39. The third-order valence-electron chi connectivity index (χ3n) is 11.9. The number of carbonyl (C=O) groups excluding carboxylic acids is 1. The molecule has 5 unspecified atom stereocenters. The van der Waals surface area contributed by atoms with E-state index in [9.17, 15) is 25.2 Å². The Morgan fingerprint density at radius 2 is 1.70 bits per heavy atom. The van der Waals surface area contributed by atoms with Crippen molar-refractivity contribution in [2.45, 2.75) is 179 Å². The number of hydrogen-bond acceptors (Lipinski definition) is 13. The molecule has 13 heteroatoms. The van der Waals surface area contributed by atoms with Crippen molar-refractivity contribution in [3.63, 3.8) is 0 Å². The molecule has 0 aromatic carbocycles. The van der Waals surface area contributed by atoms with Crippen LogP contribution in [0.25, 0.3) is 0 Å². The predicted molar refractivity (Wildman–Crippen MR) is 184 cm³/mol. The normalized spacial score (nSPS) is 46.5. The van der Waals surface area contributed by atoms with E-state index in [1.165, 1.54) is 14.0 Å². The van der Waals surface area contributed by atoms with E-state index < -0.39 is 95.8 Å². The maximum absolute atomic E-state index is 14.3. The van der Waals surface area contributed by atoms with E-state index >= 15 is 0 Å². The molecule has 0 aromatic rings. The fourth-order valence-electron chi connectivity index (χ4n) is 8.73. The third kappa shape index (κ3) is 7.93. The molecule has 17 atom stereocenters. The van der Waals surface area contributed by atoms with Gasteiger partial charge in [0.25, 0.3) is 0 Å². The van der Waals surface area contributed by atoms with E-state index in [1.54, 1.807) is 27.7 Å². The molecule has 0 spiro atoms. The van der Waals surface area contributed by atoms with Crippen LogP contribution >= 0.6 is 0 Å².